The van der Waals surface area contributed by atoms with E-state index in [-0.39, 0.29) is 29.2 Å². The number of nitrogens with zero attached hydrogens (tertiary/aromatic N) is 1. The Labute approximate surface area is 156 Å². The molecule has 1 aromatic heterocycles. The van der Waals surface area contributed by atoms with E-state index in [1.807, 2.05) is 17.5 Å². The van der Waals surface area contributed by atoms with Gasteiger partial charge in [-0.15, -0.1) is 11.3 Å². The maximum absolute atomic E-state index is 12.5. The molecule has 5 nitrogen and oxygen atoms in total. The van der Waals surface area contributed by atoms with E-state index in [0.717, 1.165) is 21.5 Å². The Hall–Kier alpha value is -2.39. The first-order chi connectivity index (χ1) is 12.5. The molecular formula is C17H13F2NO4S2. The summed E-state index contributed by atoms with van der Waals surface area (Å²) in [6, 6.07) is 8.00. The number of halogens is 2. The molecule has 9 heteroatoms. The molecule has 1 saturated heterocycles. The zero-order valence-electron chi connectivity index (χ0n) is 13.5. The van der Waals surface area contributed by atoms with Gasteiger partial charge in [-0.1, -0.05) is 12.1 Å². The number of thioether (sulfide) groups is 1. The van der Waals surface area contributed by atoms with E-state index in [9.17, 15) is 18.4 Å². The van der Waals surface area contributed by atoms with Gasteiger partial charge in [0, 0.05) is 4.88 Å². The minimum atomic E-state index is -2.97. The van der Waals surface area contributed by atoms with Crippen LogP contribution >= 0.6 is 23.1 Å². The quantitative estimate of drug-likeness (QED) is 0.667. The monoisotopic (exact) mass is 397 g/mol. The summed E-state index contributed by atoms with van der Waals surface area (Å²) < 4.78 is 34.2. The number of ether oxygens (including phenoxy) is 2. The Bertz CT molecular complexity index is 852. The second kappa shape index (κ2) is 7.88. The number of imide groups is 1. The number of benzene rings is 1. The largest absolute Gasteiger partial charge is 0.493 e. The van der Waals surface area contributed by atoms with Crippen molar-refractivity contribution >= 4 is 40.3 Å². The molecule has 1 fully saturated rings. The van der Waals surface area contributed by atoms with E-state index in [4.69, 9.17) is 4.74 Å². The maximum Gasteiger partial charge on any atom is 0.387 e. The lowest BCUT2D eigenvalue weighted by Crippen LogP contribution is -2.27. The van der Waals surface area contributed by atoms with Crippen LogP contribution in [0.1, 0.15) is 10.4 Å². The third-order valence-electron chi connectivity index (χ3n) is 3.47. The molecule has 2 heterocycles. The zero-order valence-corrected chi connectivity index (χ0v) is 15.1. The molecule has 0 atom stereocenters. The summed E-state index contributed by atoms with van der Waals surface area (Å²) in [5.41, 5.74) is 0.558. The van der Waals surface area contributed by atoms with Crippen LogP contribution in [0.4, 0.5) is 13.6 Å². The van der Waals surface area contributed by atoms with Gasteiger partial charge in [0.2, 0.25) is 0 Å². The molecule has 2 amide bonds. The van der Waals surface area contributed by atoms with Crippen LogP contribution in [0.25, 0.3) is 6.08 Å². The van der Waals surface area contributed by atoms with Gasteiger partial charge >= 0.3 is 6.61 Å². The highest BCUT2D eigenvalue weighted by molar-refractivity contribution is 8.18. The van der Waals surface area contributed by atoms with E-state index in [0.29, 0.717) is 10.5 Å². The first-order valence-electron chi connectivity index (χ1n) is 7.38. The second-order valence-electron chi connectivity index (χ2n) is 5.15. The molecule has 0 saturated carbocycles. The van der Waals surface area contributed by atoms with Gasteiger partial charge in [0.25, 0.3) is 11.1 Å². The van der Waals surface area contributed by atoms with E-state index in [1.165, 1.54) is 36.6 Å². The Balaban J connectivity index is 1.78. The first-order valence-corrected chi connectivity index (χ1v) is 9.08. The van der Waals surface area contributed by atoms with Gasteiger partial charge in [-0.05, 0) is 47.0 Å². The lowest BCUT2D eigenvalue weighted by molar-refractivity contribution is -0.123. The van der Waals surface area contributed by atoms with Gasteiger partial charge < -0.3 is 9.47 Å². The van der Waals surface area contributed by atoms with Crippen molar-refractivity contribution in [2.75, 3.05) is 7.11 Å². The summed E-state index contributed by atoms with van der Waals surface area (Å²) in [5, 5.41) is 1.50. The summed E-state index contributed by atoms with van der Waals surface area (Å²) in [7, 11) is 1.32. The predicted octanol–water partition coefficient (Wildman–Crippen LogP) is 4.59. The van der Waals surface area contributed by atoms with E-state index in [1.54, 1.807) is 6.08 Å². The SMILES string of the molecule is COc1cc(CN2C(=O)S/C(=C/c3cccs3)C2=O)ccc1OC(F)F. The van der Waals surface area contributed by atoms with Gasteiger partial charge in [-0.25, -0.2) is 0 Å². The Morgan fingerprint density at radius 2 is 2.04 bits per heavy atom. The van der Waals surface area contributed by atoms with E-state index in [2.05, 4.69) is 4.74 Å². The molecule has 1 aromatic carbocycles. The van der Waals surface area contributed by atoms with E-state index < -0.39 is 6.61 Å². The standard InChI is InChI=1S/C17H13F2NO4S2/c1-23-13-7-10(4-5-12(13)24-16(18)19)9-20-15(21)14(26-17(20)22)8-11-3-2-6-25-11/h2-8,16H,9H2,1H3/b14-8+. The number of alkyl halides is 2. The number of methoxy groups -OCH3 is 1. The van der Waals surface area contributed by atoms with Crippen LogP contribution in [0, 0.1) is 0 Å². The van der Waals surface area contributed by atoms with Crippen molar-refractivity contribution in [3.63, 3.8) is 0 Å². The number of thiophene rings is 1. The molecule has 0 unspecified atom stereocenters. The van der Waals surface area contributed by atoms with Crippen molar-refractivity contribution in [3.8, 4) is 11.5 Å². The summed E-state index contributed by atoms with van der Waals surface area (Å²) in [5.74, 6) is -0.401. The molecule has 136 valence electrons. The Morgan fingerprint density at radius 1 is 1.23 bits per heavy atom. The molecule has 2 aromatic rings. The third kappa shape index (κ3) is 4.05. The van der Waals surface area contributed by atoms with Crippen LogP contribution in [0.5, 0.6) is 11.5 Å². The van der Waals surface area contributed by atoms with Crippen LogP contribution in [-0.4, -0.2) is 29.8 Å². The molecule has 26 heavy (non-hydrogen) atoms. The molecule has 0 aliphatic carbocycles. The van der Waals surface area contributed by atoms with Gasteiger partial charge in [0.05, 0.1) is 18.6 Å². The Kier molecular flexibility index (Phi) is 5.58. The average Bonchev–Trinajstić information content (AvgIpc) is 3.20. The molecule has 0 N–H and O–H groups in total. The van der Waals surface area contributed by atoms with Crippen molar-refractivity contribution in [1.82, 2.24) is 4.90 Å². The fourth-order valence-corrected chi connectivity index (χ4v) is 3.89. The topological polar surface area (TPSA) is 55.8 Å². The van der Waals surface area contributed by atoms with Crippen LogP contribution in [0.3, 0.4) is 0 Å². The number of hydrogen-bond acceptors (Lipinski definition) is 6. The van der Waals surface area contributed by atoms with Gasteiger partial charge in [-0.3, -0.25) is 14.5 Å². The molecule has 1 aliphatic heterocycles. The maximum atomic E-state index is 12.5. The van der Waals surface area contributed by atoms with Crippen molar-refractivity contribution in [3.05, 3.63) is 51.1 Å². The van der Waals surface area contributed by atoms with Crippen molar-refractivity contribution < 1.29 is 27.8 Å². The van der Waals surface area contributed by atoms with Crippen LogP contribution < -0.4 is 9.47 Å². The number of carbonyl (C=O) groups excluding carboxylic acids is 2. The number of carbonyl (C=O) groups is 2. The molecular weight excluding hydrogens is 384 g/mol. The van der Waals surface area contributed by atoms with Crippen LogP contribution in [-0.2, 0) is 11.3 Å². The second-order valence-corrected chi connectivity index (χ2v) is 7.12. The minimum absolute atomic E-state index is 0.0117. The lowest BCUT2D eigenvalue weighted by atomic mass is 10.2. The third-order valence-corrected chi connectivity index (χ3v) is 5.20. The minimum Gasteiger partial charge on any atom is -0.493 e. The van der Waals surface area contributed by atoms with Gasteiger partial charge in [0.15, 0.2) is 11.5 Å². The smallest absolute Gasteiger partial charge is 0.387 e. The highest BCUT2D eigenvalue weighted by Crippen LogP contribution is 2.35. The molecule has 3 rings (SSSR count). The summed E-state index contributed by atoms with van der Waals surface area (Å²) >= 11 is 2.34. The lowest BCUT2D eigenvalue weighted by Gasteiger charge is -2.15. The zero-order chi connectivity index (χ0) is 18.7. The highest BCUT2D eigenvalue weighted by Gasteiger charge is 2.35. The fourth-order valence-electron chi connectivity index (χ4n) is 2.33. The molecule has 0 radical (unpaired) electrons. The summed E-state index contributed by atoms with van der Waals surface area (Å²) in [6.45, 7) is -2.96. The number of rotatable bonds is 6. The fraction of sp³-hybridized carbons (Fsp3) is 0.176. The van der Waals surface area contributed by atoms with Crippen molar-refractivity contribution in [2.24, 2.45) is 0 Å². The van der Waals surface area contributed by atoms with Crippen molar-refractivity contribution in [2.45, 2.75) is 13.2 Å². The Morgan fingerprint density at radius 3 is 2.69 bits per heavy atom. The number of hydrogen-bond donors (Lipinski definition) is 0. The van der Waals surface area contributed by atoms with E-state index >= 15 is 0 Å². The highest BCUT2D eigenvalue weighted by atomic mass is 32.2. The molecule has 0 bridgehead atoms. The summed E-state index contributed by atoms with van der Waals surface area (Å²) in [6.07, 6.45) is 1.68. The van der Waals surface area contributed by atoms with Crippen LogP contribution in [0.2, 0.25) is 0 Å². The van der Waals surface area contributed by atoms with Crippen LogP contribution in [0.15, 0.2) is 40.6 Å². The van der Waals surface area contributed by atoms with Gasteiger partial charge in [-0.2, -0.15) is 8.78 Å². The molecule has 1 aliphatic rings. The normalized spacial score (nSPS) is 16.0. The van der Waals surface area contributed by atoms with Gasteiger partial charge in [0.1, 0.15) is 0 Å². The average molecular weight is 397 g/mol. The summed E-state index contributed by atoms with van der Waals surface area (Å²) in [4.78, 5) is 27.0. The first kappa shape index (κ1) is 18.4. The number of amides is 2. The molecule has 0 spiro atoms. The van der Waals surface area contributed by atoms with Crippen molar-refractivity contribution in [1.29, 1.82) is 0 Å². The predicted molar refractivity (Wildman–Crippen MR) is 95.5 cm³/mol.